The summed E-state index contributed by atoms with van der Waals surface area (Å²) in [5.41, 5.74) is 7.40. The molecule has 2 atom stereocenters. The van der Waals surface area contributed by atoms with E-state index in [9.17, 15) is 9.90 Å². The van der Waals surface area contributed by atoms with Crippen molar-refractivity contribution >= 4 is 11.6 Å². The van der Waals surface area contributed by atoms with Crippen molar-refractivity contribution in [2.75, 3.05) is 11.4 Å². The Hall–Kier alpha value is -1.55. The first-order valence-corrected chi connectivity index (χ1v) is 6.97. The lowest BCUT2D eigenvalue weighted by Crippen LogP contribution is -2.47. The SMILES string of the molecule is CC[C@H](O)c1ccc(N2CCCCC2C(N)=O)cc1. The van der Waals surface area contributed by atoms with E-state index in [1.54, 1.807) is 0 Å². The quantitative estimate of drug-likeness (QED) is 0.872. The number of nitrogens with zero attached hydrogens (tertiary/aromatic N) is 1. The molecule has 3 N–H and O–H groups in total. The highest BCUT2D eigenvalue weighted by atomic mass is 16.3. The van der Waals surface area contributed by atoms with Gasteiger partial charge < -0.3 is 15.7 Å². The number of hydrogen-bond acceptors (Lipinski definition) is 3. The Kier molecular flexibility index (Phi) is 4.43. The van der Waals surface area contributed by atoms with E-state index in [0.29, 0.717) is 6.42 Å². The largest absolute Gasteiger partial charge is 0.388 e. The van der Waals surface area contributed by atoms with Crippen LogP contribution in [-0.4, -0.2) is 23.6 Å². The molecule has 0 aromatic heterocycles. The van der Waals surface area contributed by atoms with Gasteiger partial charge in [-0.05, 0) is 43.4 Å². The van der Waals surface area contributed by atoms with Crippen LogP contribution in [0.15, 0.2) is 24.3 Å². The molecule has 19 heavy (non-hydrogen) atoms. The van der Waals surface area contributed by atoms with Crippen molar-refractivity contribution in [3.63, 3.8) is 0 Å². The van der Waals surface area contributed by atoms with E-state index in [0.717, 1.165) is 37.1 Å². The number of hydrogen-bond donors (Lipinski definition) is 2. The third-order valence-corrected chi connectivity index (χ3v) is 3.83. The van der Waals surface area contributed by atoms with Gasteiger partial charge in [-0.3, -0.25) is 4.79 Å². The van der Waals surface area contributed by atoms with Crippen molar-refractivity contribution in [2.24, 2.45) is 5.73 Å². The lowest BCUT2D eigenvalue weighted by atomic mass is 10.00. The van der Waals surface area contributed by atoms with Crippen LogP contribution in [0.3, 0.4) is 0 Å². The molecule has 0 saturated carbocycles. The average molecular weight is 262 g/mol. The van der Waals surface area contributed by atoms with Gasteiger partial charge in [-0.25, -0.2) is 0 Å². The van der Waals surface area contributed by atoms with Gasteiger partial charge in [-0.1, -0.05) is 19.1 Å². The van der Waals surface area contributed by atoms with Gasteiger partial charge in [0.05, 0.1) is 6.10 Å². The van der Waals surface area contributed by atoms with E-state index in [2.05, 4.69) is 4.90 Å². The fourth-order valence-electron chi connectivity index (χ4n) is 2.66. The minimum Gasteiger partial charge on any atom is -0.388 e. The molecule has 1 amide bonds. The van der Waals surface area contributed by atoms with Crippen molar-refractivity contribution < 1.29 is 9.90 Å². The van der Waals surface area contributed by atoms with Gasteiger partial charge in [-0.15, -0.1) is 0 Å². The summed E-state index contributed by atoms with van der Waals surface area (Å²) >= 11 is 0. The lowest BCUT2D eigenvalue weighted by Gasteiger charge is -2.35. The Morgan fingerprint density at radius 2 is 2.11 bits per heavy atom. The molecule has 1 fully saturated rings. The van der Waals surface area contributed by atoms with Gasteiger partial charge in [0.1, 0.15) is 6.04 Å². The first kappa shape index (κ1) is 13.9. The first-order chi connectivity index (χ1) is 9.13. The topological polar surface area (TPSA) is 66.6 Å². The average Bonchev–Trinajstić information content (AvgIpc) is 2.46. The van der Waals surface area contributed by atoms with Gasteiger partial charge >= 0.3 is 0 Å². The van der Waals surface area contributed by atoms with Crippen LogP contribution in [0.1, 0.15) is 44.3 Å². The maximum atomic E-state index is 11.5. The number of benzene rings is 1. The zero-order chi connectivity index (χ0) is 13.8. The third-order valence-electron chi connectivity index (χ3n) is 3.83. The lowest BCUT2D eigenvalue weighted by molar-refractivity contribution is -0.119. The van der Waals surface area contributed by atoms with Crippen LogP contribution in [-0.2, 0) is 4.79 Å². The van der Waals surface area contributed by atoms with E-state index in [4.69, 9.17) is 5.73 Å². The monoisotopic (exact) mass is 262 g/mol. The highest BCUT2D eigenvalue weighted by Crippen LogP contribution is 2.26. The number of piperidine rings is 1. The van der Waals surface area contributed by atoms with Crippen molar-refractivity contribution in [2.45, 2.75) is 44.8 Å². The number of aliphatic hydroxyl groups is 1. The summed E-state index contributed by atoms with van der Waals surface area (Å²) in [5, 5.41) is 9.78. The molecule has 0 radical (unpaired) electrons. The molecule has 1 aromatic carbocycles. The third kappa shape index (κ3) is 3.07. The molecular weight excluding hydrogens is 240 g/mol. The van der Waals surface area contributed by atoms with Gasteiger partial charge in [0, 0.05) is 12.2 Å². The van der Waals surface area contributed by atoms with Crippen LogP contribution in [0, 0.1) is 0 Å². The molecule has 4 nitrogen and oxygen atoms in total. The minimum absolute atomic E-state index is 0.198. The molecular formula is C15H22N2O2. The molecule has 104 valence electrons. The number of carbonyl (C=O) groups is 1. The van der Waals surface area contributed by atoms with Crippen LogP contribution >= 0.6 is 0 Å². The zero-order valence-electron chi connectivity index (χ0n) is 11.4. The fraction of sp³-hybridized carbons (Fsp3) is 0.533. The molecule has 4 heteroatoms. The van der Waals surface area contributed by atoms with Gasteiger partial charge in [0.25, 0.3) is 0 Å². The summed E-state index contributed by atoms with van der Waals surface area (Å²) in [6.45, 7) is 2.82. The maximum Gasteiger partial charge on any atom is 0.240 e. The van der Waals surface area contributed by atoms with Crippen LogP contribution in [0.5, 0.6) is 0 Å². The summed E-state index contributed by atoms with van der Waals surface area (Å²) < 4.78 is 0. The number of nitrogens with two attached hydrogens (primary N) is 1. The molecule has 1 unspecified atom stereocenters. The van der Waals surface area contributed by atoms with Crippen molar-refractivity contribution in [3.05, 3.63) is 29.8 Å². The van der Waals surface area contributed by atoms with Crippen molar-refractivity contribution in [1.82, 2.24) is 0 Å². The summed E-state index contributed by atoms with van der Waals surface area (Å²) in [7, 11) is 0. The van der Waals surface area contributed by atoms with E-state index in [-0.39, 0.29) is 11.9 Å². The highest BCUT2D eigenvalue weighted by Gasteiger charge is 2.26. The summed E-state index contributed by atoms with van der Waals surface area (Å²) in [4.78, 5) is 13.6. The number of carbonyl (C=O) groups excluding carboxylic acids is 1. The normalized spacial score (nSPS) is 21.2. The number of rotatable bonds is 4. The fourth-order valence-corrected chi connectivity index (χ4v) is 2.66. The second-order valence-corrected chi connectivity index (χ2v) is 5.12. The smallest absolute Gasteiger partial charge is 0.240 e. The molecule has 2 rings (SSSR count). The maximum absolute atomic E-state index is 11.5. The van der Waals surface area contributed by atoms with Crippen molar-refractivity contribution in [1.29, 1.82) is 0 Å². The predicted molar refractivity (Wildman–Crippen MR) is 75.9 cm³/mol. The number of amides is 1. The van der Waals surface area contributed by atoms with Crippen LogP contribution in [0.25, 0.3) is 0 Å². The summed E-state index contributed by atoms with van der Waals surface area (Å²) in [6, 6.07) is 7.59. The second kappa shape index (κ2) is 6.06. The standard InChI is InChI=1S/C15H22N2O2/c1-2-14(18)11-6-8-12(9-7-11)17-10-4-3-5-13(17)15(16)19/h6-9,13-14,18H,2-5,10H2,1H3,(H2,16,19)/t13?,14-/m0/s1. The van der Waals surface area contributed by atoms with Gasteiger partial charge in [0.2, 0.25) is 5.91 Å². The van der Waals surface area contributed by atoms with E-state index in [1.165, 1.54) is 0 Å². The molecule has 0 spiro atoms. The molecule has 0 bridgehead atoms. The van der Waals surface area contributed by atoms with E-state index < -0.39 is 6.10 Å². The van der Waals surface area contributed by atoms with Crippen LogP contribution in [0.2, 0.25) is 0 Å². The Bertz CT molecular complexity index is 430. The minimum atomic E-state index is -0.414. The van der Waals surface area contributed by atoms with E-state index in [1.807, 2.05) is 31.2 Å². The van der Waals surface area contributed by atoms with Crippen LogP contribution < -0.4 is 10.6 Å². The van der Waals surface area contributed by atoms with E-state index >= 15 is 0 Å². The van der Waals surface area contributed by atoms with Crippen LogP contribution in [0.4, 0.5) is 5.69 Å². The molecule has 1 saturated heterocycles. The number of aliphatic hydroxyl groups excluding tert-OH is 1. The Balaban J connectivity index is 2.18. The molecule has 0 aliphatic carbocycles. The van der Waals surface area contributed by atoms with Crippen molar-refractivity contribution in [3.8, 4) is 0 Å². The Morgan fingerprint density at radius 1 is 1.42 bits per heavy atom. The molecule has 1 aromatic rings. The number of primary amides is 1. The predicted octanol–water partition coefficient (Wildman–Crippen LogP) is 1.97. The summed E-state index contributed by atoms with van der Waals surface area (Å²) in [5.74, 6) is -0.252. The molecule has 1 aliphatic heterocycles. The summed E-state index contributed by atoms with van der Waals surface area (Å²) in [6.07, 6.45) is 3.25. The zero-order valence-corrected chi connectivity index (χ0v) is 11.4. The Labute approximate surface area is 114 Å². The first-order valence-electron chi connectivity index (χ1n) is 6.97. The van der Waals surface area contributed by atoms with Gasteiger partial charge in [-0.2, -0.15) is 0 Å². The second-order valence-electron chi connectivity index (χ2n) is 5.12. The number of anilines is 1. The molecule has 1 aliphatic rings. The Morgan fingerprint density at radius 3 is 2.68 bits per heavy atom. The van der Waals surface area contributed by atoms with Gasteiger partial charge in [0.15, 0.2) is 0 Å². The highest BCUT2D eigenvalue weighted by molar-refractivity contribution is 5.83. The molecule has 1 heterocycles.